The first kappa shape index (κ1) is 23.3. The first-order valence-electron chi connectivity index (χ1n) is 12.3. The molecule has 1 saturated carbocycles. The van der Waals surface area contributed by atoms with Crippen molar-refractivity contribution in [3.63, 3.8) is 0 Å². The summed E-state index contributed by atoms with van der Waals surface area (Å²) in [7, 11) is 2.15. The number of nitrogens with one attached hydrogen (secondary N) is 1. The van der Waals surface area contributed by atoms with Crippen molar-refractivity contribution in [3.8, 4) is 0 Å². The predicted molar refractivity (Wildman–Crippen MR) is 136 cm³/mol. The fourth-order valence-corrected chi connectivity index (χ4v) is 6.24. The van der Waals surface area contributed by atoms with Crippen LogP contribution in [0.4, 0.5) is 5.82 Å². The van der Waals surface area contributed by atoms with Crippen molar-refractivity contribution in [1.29, 1.82) is 0 Å². The van der Waals surface area contributed by atoms with Crippen molar-refractivity contribution in [2.45, 2.75) is 45.2 Å². The Morgan fingerprint density at radius 2 is 2.03 bits per heavy atom. The monoisotopic (exact) mass is 482 g/mol. The van der Waals surface area contributed by atoms with E-state index in [1.807, 2.05) is 19.1 Å². The number of hydrogen-bond donors (Lipinski definition) is 1. The molecule has 1 aliphatic carbocycles. The van der Waals surface area contributed by atoms with Crippen LogP contribution >= 0.6 is 11.3 Å². The number of likely N-dealkylation sites (N-methyl/N-ethyl adjacent to an activating group) is 1. The van der Waals surface area contributed by atoms with Gasteiger partial charge in [0.05, 0.1) is 23.1 Å². The van der Waals surface area contributed by atoms with E-state index in [1.165, 1.54) is 37.0 Å². The Hall–Kier alpha value is -2.49. The van der Waals surface area contributed by atoms with Crippen LogP contribution < -0.4 is 10.2 Å². The van der Waals surface area contributed by atoms with Crippen LogP contribution in [0, 0.1) is 6.92 Å². The third-order valence-corrected chi connectivity index (χ3v) is 8.38. The van der Waals surface area contributed by atoms with Gasteiger partial charge in [-0.15, -0.1) is 11.3 Å². The Morgan fingerprint density at radius 1 is 1.24 bits per heavy atom. The maximum Gasteiger partial charge on any atom is 0.261 e. The van der Waals surface area contributed by atoms with E-state index in [1.54, 1.807) is 12.6 Å². The third kappa shape index (κ3) is 4.96. The molecular formula is C25H34N6O2S. The van der Waals surface area contributed by atoms with Crippen molar-refractivity contribution in [1.82, 2.24) is 25.1 Å². The van der Waals surface area contributed by atoms with E-state index in [9.17, 15) is 4.79 Å². The van der Waals surface area contributed by atoms with E-state index in [4.69, 9.17) is 4.42 Å². The maximum absolute atomic E-state index is 13.2. The maximum atomic E-state index is 13.2. The van der Waals surface area contributed by atoms with Crippen molar-refractivity contribution in [3.05, 3.63) is 40.9 Å². The fraction of sp³-hybridized carbons (Fsp3) is 0.560. The molecule has 2 fully saturated rings. The molecule has 34 heavy (non-hydrogen) atoms. The van der Waals surface area contributed by atoms with Crippen LogP contribution in [0.2, 0.25) is 0 Å². The Labute approximate surface area is 204 Å². The van der Waals surface area contributed by atoms with Crippen molar-refractivity contribution >= 4 is 33.3 Å². The van der Waals surface area contributed by atoms with Crippen LogP contribution in [-0.2, 0) is 6.54 Å². The lowest BCUT2D eigenvalue weighted by atomic mass is 10.1. The molecule has 8 nitrogen and oxygen atoms in total. The molecule has 5 rings (SSSR count). The van der Waals surface area contributed by atoms with Gasteiger partial charge < -0.3 is 19.5 Å². The standard InChI is InChI=1S/C25H34N6O2S/c1-18-21-23(30-13-11-29(2)12-14-30)27-17-28-25(21)34-22(18)24(32)26-9-10-31(19-6-3-4-7-19)16-20-8-5-15-33-20/h5,8,15,17,19H,3-4,6-7,9-14,16H2,1-2H3,(H,26,32). The van der Waals surface area contributed by atoms with Gasteiger partial charge in [-0.25, -0.2) is 9.97 Å². The zero-order valence-electron chi connectivity index (χ0n) is 20.1. The number of aromatic nitrogens is 2. The Balaban J connectivity index is 1.27. The van der Waals surface area contributed by atoms with Crippen LogP contribution in [0.1, 0.15) is 46.7 Å². The second-order valence-corrected chi connectivity index (χ2v) is 10.5. The Morgan fingerprint density at radius 3 is 2.76 bits per heavy atom. The molecule has 0 radical (unpaired) electrons. The average molecular weight is 483 g/mol. The second kappa shape index (κ2) is 10.4. The summed E-state index contributed by atoms with van der Waals surface area (Å²) in [4.78, 5) is 31.0. The van der Waals surface area contributed by atoms with Gasteiger partial charge in [0.1, 0.15) is 22.7 Å². The van der Waals surface area contributed by atoms with E-state index in [-0.39, 0.29) is 5.91 Å². The van der Waals surface area contributed by atoms with Gasteiger partial charge in [-0.1, -0.05) is 12.8 Å². The van der Waals surface area contributed by atoms with Crippen molar-refractivity contribution < 1.29 is 9.21 Å². The lowest BCUT2D eigenvalue weighted by Gasteiger charge is -2.33. The molecule has 2 aliphatic rings. The highest BCUT2D eigenvalue weighted by Gasteiger charge is 2.25. The molecule has 1 N–H and O–H groups in total. The fourth-order valence-electron chi connectivity index (χ4n) is 5.18. The number of aryl methyl sites for hydroxylation is 1. The number of furan rings is 1. The number of carbonyl (C=O) groups excluding carboxylic acids is 1. The SMILES string of the molecule is Cc1c(C(=O)NCCN(Cc2ccco2)C2CCCC2)sc2ncnc(N3CCN(C)CC3)c12. The van der Waals surface area contributed by atoms with Gasteiger partial charge in [0.2, 0.25) is 0 Å². The summed E-state index contributed by atoms with van der Waals surface area (Å²) in [5.41, 5.74) is 0.982. The number of piperazine rings is 1. The summed E-state index contributed by atoms with van der Waals surface area (Å²) in [5, 5.41) is 4.19. The molecule has 0 bridgehead atoms. The van der Waals surface area contributed by atoms with Crippen LogP contribution in [0.3, 0.4) is 0 Å². The van der Waals surface area contributed by atoms with E-state index < -0.39 is 0 Å². The number of thiophene rings is 1. The average Bonchev–Trinajstić information content (AvgIpc) is 3.61. The van der Waals surface area contributed by atoms with E-state index in [0.717, 1.165) is 71.5 Å². The molecule has 0 aromatic carbocycles. The second-order valence-electron chi connectivity index (χ2n) is 9.47. The minimum absolute atomic E-state index is 0.0193. The summed E-state index contributed by atoms with van der Waals surface area (Å²) >= 11 is 1.47. The molecule has 1 amide bonds. The Bertz CT molecular complexity index is 1100. The van der Waals surface area contributed by atoms with Gasteiger partial charge in [-0.2, -0.15) is 0 Å². The van der Waals surface area contributed by atoms with Crippen molar-refractivity contribution in [2.75, 3.05) is 51.2 Å². The molecule has 1 saturated heterocycles. The molecule has 4 heterocycles. The van der Waals surface area contributed by atoms with Crippen molar-refractivity contribution in [2.24, 2.45) is 0 Å². The minimum atomic E-state index is -0.0193. The number of carbonyl (C=O) groups is 1. The molecule has 0 spiro atoms. The van der Waals surface area contributed by atoms with E-state index >= 15 is 0 Å². The van der Waals surface area contributed by atoms with Gasteiger partial charge in [0, 0.05) is 45.3 Å². The molecule has 0 unspecified atom stereocenters. The van der Waals surface area contributed by atoms with Crippen LogP contribution in [0.5, 0.6) is 0 Å². The zero-order chi connectivity index (χ0) is 23.5. The lowest BCUT2D eigenvalue weighted by molar-refractivity contribution is 0.0944. The molecule has 3 aromatic heterocycles. The quantitative estimate of drug-likeness (QED) is 0.526. The van der Waals surface area contributed by atoms with Gasteiger partial charge >= 0.3 is 0 Å². The van der Waals surface area contributed by atoms with Gasteiger partial charge in [-0.05, 0) is 44.5 Å². The molecule has 1 aliphatic heterocycles. The van der Waals surface area contributed by atoms with Crippen LogP contribution in [0.25, 0.3) is 10.2 Å². The van der Waals surface area contributed by atoms with Gasteiger partial charge in [0.15, 0.2) is 0 Å². The number of fused-ring (bicyclic) bond motifs is 1. The number of nitrogens with zero attached hydrogens (tertiary/aromatic N) is 5. The molecule has 9 heteroatoms. The first-order valence-corrected chi connectivity index (χ1v) is 13.1. The topological polar surface area (TPSA) is 77.7 Å². The zero-order valence-corrected chi connectivity index (χ0v) is 20.9. The smallest absolute Gasteiger partial charge is 0.261 e. The van der Waals surface area contributed by atoms with Crippen LogP contribution in [-0.4, -0.2) is 78.0 Å². The highest BCUT2D eigenvalue weighted by atomic mass is 32.1. The predicted octanol–water partition coefficient (Wildman–Crippen LogP) is 3.52. The first-order chi connectivity index (χ1) is 16.6. The number of anilines is 1. The summed E-state index contributed by atoms with van der Waals surface area (Å²) < 4.78 is 5.59. The number of hydrogen-bond acceptors (Lipinski definition) is 8. The third-order valence-electron chi connectivity index (χ3n) is 7.18. The van der Waals surface area contributed by atoms with Crippen LogP contribution in [0.15, 0.2) is 29.1 Å². The largest absolute Gasteiger partial charge is 0.468 e. The summed E-state index contributed by atoms with van der Waals surface area (Å²) in [6.07, 6.45) is 8.36. The number of rotatable bonds is 8. The van der Waals surface area contributed by atoms with E-state index in [0.29, 0.717) is 12.6 Å². The molecular weight excluding hydrogens is 448 g/mol. The summed E-state index contributed by atoms with van der Waals surface area (Å²) in [5.74, 6) is 1.92. The summed E-state index contributed by atoms with van der Waals surface area (Å²) in [6.45, 7) is 8.14. The highest BCUT2D eigenvalue weighted by Crippen LogP contribution is 2.35. The summed E-state index contributed by atoms with van der Waals surface area (Å²) in [6, 6.07) is 4.53. The Kier molecular flexibility index (Phi) is 7.12. The van der Waals surface area contributed by atoms with Gasteiger partial charge in [-0.3, -0.25) is 9.69 Å². The van der Waals surface area contributed by atoms with Gasteiger partial charge in [0.25, 0.3) is 5.91 Å². The normalized spacial score (nSPS) is 17.8. The minimum Gasteiger partial charge on any atom is -0.468 e. The molecule has 0 atom stereocenters. The highest BCUT2D eigenvalue weighted by molar-refractivity contribution is 7.20. The molecule has 182 valence electrons. The molecule has 3 aromatic rings. The number of amides is 1. The lowest BCUT2D eigenvalue weighted by Crippen LogP contribution is -2.44. The van der Waals surface area contributed by atoms with E-state index in [2.05, 4.69) is 37.0 Å².